The highest BCUT2D eigenvalue weighted by atomic mass is 15.2. The number of nitriles is 1. The SMILES string of the molecule is C[C@H](c1ccccc1)N1CCCC1(C)C#N. The van der Waals surface area contributed by atoms with Gasteiger partial charge in [-0.05, 0) is 32.3 Å². The minimum Gasteiger partial charge on any atom is -0.279 e. The molecule has 2 nitrogen and oxygen atoms in total. The second kappa shape index (κ2) is 4.27. The third-order valence-corrected chi connectivity index (χ3v) is 3.69. The molecule has 0 spiro atoms. The smallest absolute Gasteiger partial charge is 0.106 e. The lowest BCUT2D eigenvalue weighted by molar-refractivity contribution is 0.154. The highest BCUT2D eigenvalue weighted by molar-refractivity contribution is 5.21. The van der Waals surface area contributed by atoms with Crippen LogP contribution in [-0.4, -0.2) is 17.0 Å². The van der Waals surface area contributed by atoms with Crippen molar-refractivity contribution in [3.63, 3.8) is 0 Å². The molecule has 0 bridgehead atoms. The van der Waals surface area contributed by atoms with Crippen molar-refractivity contribution in [1.29, 1.82) is 5.26 Å². The summed E-state index contributed by atoms with van der Waals surface area (Å²) in [7, 11) is 0. The molecular formula is C14H18N2. The number of hydrogen-bond acceptors (Lipinski definition) is 2. The van der Waals surface area contributed by atoms with Crippen LogP contribution in [0.2, 0.25) is 0 Å². The topological polar surface area (TPSA) is 27.0 Å². The van der Waals surface area contributed by atoms with Crippen LogP contribution < -0.4 is 0 Å². The van der Waals surface area contributed by atoms with Crippen molar-refractivity contribution < 1.29 is 0 Å². The van der Waals surface area contributed by atoms with Crippen molar-refractivity contribution >= 4 is 0 Å². The highest BCUT2D eigenvalue weighted by Gasteiger charge is 2.39. The van der Waals surface area contributed by atoms with Crippen molar-refractivity contribution in [3.05, 3.63) is 35.9 Å². The number of nitrogens with zero attached hydrogens (tertiary/aromatic N) is 2. The molecular weight excluding hydrogens is 196 g/mol. The number of likely N-dealkylation sites (tertiary alicyclic amines) is 1. The number of hydrogen-bond donors (Lipinski definition) is 0. The maximum absolute atomic E-state index is 9.30. The molecule has 0 aliphatic carbocycles. The van der Waals surface area contributed by atoms with Crippen LogP contribution in [-0.2, 0) is 0 Å². The Hall–Kier alpha value is -1.33. The molecule has 1 fully saturated rings. The van der Waals surface area contributed by atoms with Gasteiger partial charge in [0.05, 0.1) is 6.07 Å². The van der Waals surface area contributed by atoms with Gasteiger partial charge in [-0.1, -0.05) is 30.3 Å². The van der Waals surface area contributed by atoms with Crippen LogP contribution in [0.15, 0.2) is 30.3 Å². The summed E-state index contributed by atoms with van der Waals surface area (Å²) in [6, 6.07) is 13.2. The predicted molar refractivity (Wildman–Crippen MR) is 64.8 cm³/mol. The lowest BCUT2D eigenvalue weighted by atomic mass is 9.97. The zero-order chi connectivity index (χ0) is 11.6. The molecule has 0 saturated carbocycles. The third kappa shape index (κ3) is 1.83. The van der Waals surface area contributed by atoms with E-state index in [1.807, 2.05) is 6.07 Å². The van der Waals surface area contributed by atoms with Crippen LogP contribution in [0.3, 0.4) is 0 Å². The first-order chi connectivity index (χ1) is 7.67. The minimum absolute atomic E-state index is 0.282. The van der Waals surface area contributed by atoms with E-state index in [4.69, 9.17) is 0 Å². The molecule has 1 aromatic rings. The fraction of sp³-hybridized carbons (Fsp3) is 0.500. The summed E-state index contributed by atoms with van der Waals surface area (Å²) in [6.07, 6.45) is 2.11. The van der Waals surface area contributed by atoms with Gasteiger partial charge in [0.2, 0.25) is 0 Å². The Kier molecular flexibility index (Phi) is 2.98. The van der Waals surface area contributed by atoms with Crippen molar-refractivity contribution in [3.8, 4) is 6.07 Å². The van der Waals surface area contributed by atoms with E-state index < -0.39 is 0 Å². The second-order valence-corrected chi connectivity index (χ2v) is 4.77. The zero-order valence-electron chi connectivity index (χ0n) is 9.98. The Morgan fingerprint density at radius 2 is 2.06 bits per heavy atom. The van der Waals surface area contributed by atoms with Gasteiger partial charge in [-0.3, -0.25) is 4.90 Å². The van der Waals surface area contributed by atoms with Crippen LogP contribution >= 0.6 is 0 Å². The molecule has 1 aliphatic rings. The van der Waals surface area contributed by atoms with Gasteiger partial charge in [0, 0.05) is 12.6 Å². The summed E-state index contributed by atoms with van der Waals surface area (Å²) in [4.78, 5) is 2.32. The van der Waals surface area contributed by atoms with Crippen LogP contribution in [0.5, 0.6) is 0 Å². The zero-order valence-corrected chi connectivity index (χ0v) is 9.98. The van der Waals surface area contributed by atoms with Gasteiger partial charge in [-0.25, -0.2) is 0 Å². The molecule has 1 aliphatic heterocycles. The summed E-state index contributed by atoms with van der Waals surface area (Å²) in [5.74, 6) is 0. The average molecular weight is 214 g/mol. The summed E-state index contributed by atoms with van der Waals surface area (Å²) in [5, 5.41) is 9.30. The van der Waals surface area contributed by atoms with Crippen molar-refractivity contribution in [2.45, 2.75) is 38.3 Å². The highest BCUT2D eigenvalue weighted by Crippen LogP contribution is 2.35. The second-order valence-electron chi connectivity index (χ2n) is 4.77. The van der Waals surface area contributed by atoms with Gasteiger partial charge in [0.1, 0.15) is 5.54 Å². The van der Waals surface area contributed by atoms with E-state index in [0.717, 1.165) is 19.4 Å². The normalized spacial score (nSPS) is 27.6. The molecule has 2 atom stereocenters. The van der Waals surface area contributed by atoms with Gasteiger partial charge in [-0.15, -0.1) is 0 Å². The van der Waals surface area contributed by atoms with Crippen LogP contribution in [0.25, 0.3) is 0 Å². The van der Waals surface area contributed by atoms with Crippen LogP contribution in [0.4, 0.5) is 0 Å². The van der Waals surface area contributed by atoms with E-state index in [0.29, 0.717) is 6.04 Å². The van der Waals surface area contributed by atoms with E-state index >= 15 is 0 Å². The molecule has 16 heavy (non-hydrogen) atoms. The Balaban J connectivity index is 2.23. The van der Waals surface area contributed by atoms with E-state index in [1.54, 1.807) is 0 Å². The lowest BCUT2D eigenvalue weighted by Crippen LogP contribution is -2.41. The predicted octanol–water partition coefficient (Wildman–Crippen LogP) is 3.13. The van der Waals surface area contributed by atoms with Crippen molar-refractivity contribution in [1.82, 2.24) is 4.90 Å². The fourth-order valence-corrected chi connectivity index (χ4v) is 2.64. The van der Waals surface area contributed by atoms with Crippen molar-refractivity contribution in [2.24, 2.45) is 0 Å². The maximum Gasteiger partial charge on any atom is 0.106 e. The Morgan fingerprint density at radius 3 is 2.69 bits per heavy atom. The third-order valence-electron chi connectivity index (χ3n) is 3.69. The van der Waals surface area contributed by atoms with Gasteiger partial charge in [0.25, 0.3) is 0 Å². The fourth-order valence-electron chi connectivity index (χ4n) is 2.64. The van der Waals surface area contributed by atoms with Crippen LogP contribution in [0.1, 0.15) is 38.3 Å². The van der Waals surface area contributed by atoms with Crippen molar-refractivity contribution in [2.75, 3.05) is 6.54 Å². The Morgan fingerprint density at radius 1 is 1.38 bits per heavy atom. The molecule has 1 heterocycles. The van der Waals surface area contributed by atoms with E-state index in [2.05, 4.69) is 49.1 Å². The molecule has 2 heteroatoms. The summed E-state index contributed by atoms with van der Waals surface area (Å²) >= 11 is 0. The standard InChI is InChI=1S/C14H18N2/c1-12(13-7-4-3-5-8-13)16-10-6-9-14(16,2)11-15/h3-5,7-8,12H,6,9-10H2,1-2H3/t12-,14?/m1/s1. The summed E-state index contributed by atoms with van der Waals surface area (Å²) in [6.45, 7) is 5.27. The summed E-state index contributed by atoms with van der Waals surface area (Å²) < 4.78 is 0. The molecule has 0 amide bonds. The molecule has 0 aromatic heterocycles. The molecule has 84 valence electrons. The first-order valence-corrected chi connectivity index (χ1v) is 5.90. The average Bonchev–Trinajstić information content (AvgIpc) is 2.72. The first kappa shape index (κ1) is 11.2. The van der Waals surface area contributed by atoms with E-state index in [1.165, 1.54) is 5.56 Å². The van der Waals surface area contributed by atoms with Gasteiger partial charge < -0.3 is 0 Å². The van der Waals surface area contributed by atoms with Gasteiger partial charge >= 0.3 is 0 Å². The molecule has 0 N–H and O–H groups in total. The first-order valence-electron chi connectivity index (χ1n) is 5.90. The van der Waals surface area contributed by atoms with Gasteiger partial charge in [-0.2, -0.15) is 5.26 Å². The molecule has 0 radical (unpaired) electrons. The maximum atomic E-state index is 9.30. The number of rotatable bonds is 2. The van der Waals surface area contributed by atoms with Crippen LogP contribution in [0, 0.1) is 11.3 Å². The molecule has 2 rings (SSSR count). The quantitative estimate of drug-likeness (QED) is 0.756. The van der Waals surface area contributed by atoms with E-state index in [-0.39, 0.29) is 5.54 Å². The Bertz CT molecular complexity index is 393. The largest absolute Gasteiger partial charge is 0.279 e. The molecule has 1 aromatic carbocycles. The Labute approximate surface area is 97.5 Å². The lowest BCUT2D eigenvalue weighted by Gasteiger charge is -2.34. The van der Waals surface area contributed by atoms with Gasteiger partial charge in [0.15, 0.2) is 0 Å². The molecule has 1 saturated heterocycles. The minimum atomic E-state index is -0.282. The number of benzene rings is 1. The summed E-state index contributed by atoms with van der Waals surface area (Å²) in [5.41, 5.74) is 1.01. The van der Waals surface area contributed by atoms with E-state index in [9.17, 15) is 5.26 Å². The molecule has 1 unspecified atom stereocenters. The monoisotopic (exact) mass is 214 g/mol.